The summed E-state index contributed by atoms with van der Waals surface area (Å²) in [5, 5.41) is 28.3. The molecule has 2 saturated heterocycles. The molecule has 3 aliphatic rings. The number of hydrogen-bond donors (Lipinski definition) is 5. The summed E-state index contributed by atoms with van der Waals surface area (Å²) < 4.78 is 4.21. The van der Waals surface area contributed by atoms with Crippen LogP contribution in [0.4, 0.5) is 5.13 Å². The number of carbonyl (C=O) groups excluding carboxylic acids is 2. The van der Waals surface area contributed by atoms with Crippen LogP contribution in [-0.2, 0) is 30.6 Å². The molecule has 0 spiro atoms. The standard InChI is InChI=1S/C27H27ClN8O7S2/c1-12(25(39)40)43-33-18(17-21(28)45-27(29)32-17)22(37)31-19-23(38)36-20(26(41)42)13(11-44-24(19)36)10-34-7-2-3-16-15(34)5-8-35(16)14-4-6-30-9-14/h2-3,5,7-8,12,14,19,24,30H,4,6,9-11H2,1H3,(H4-,29,31,32,37,39,40,41,42)/p+1/b33-18-/t12-,14+,19-,24-/m1/s1. The fraction of sp³-hybridized carbons (Fsp3) is 0.370. The maximum Gasteiger partial charge on any atom is 0.352 e. The van der Waals surface area contributed by atoms with Crippen molar-refractivity contribution in [3.8, 4) is 0 Å². The highest BCUT2D eigenvalue weighted by atomic mass is 35.5. The summed E-state index contributed by atoms with van der Waals surface area (Å²) in [7, 11) is 0. The minimum absolute atomic E-state index is 0.00472. The summed E-state index contributed by atoms with van der Waals surface area (Å²) in [6, 6.07) is 5.21. The first-order valence-electron chi connectivity index (χ1n) is 13.8. The molecule has 2 fully saturated rings. The van der Waals surface area contributed by atoms with Crippen molar-refractivity contribution in [3.63, 3.8) is 0 Å². The number of nitrogen functional groups attached to an aromatic ring is 1. The van der Waals surface area contributed by atoms with Gasteiger partial charge in [0, 0.05) is 42.2 Å². The maximum atomic E-state index is 13.4. The van der Waals surface area contributed by atoms with Crippen molar-refractivity contribution in [3.05, 3.63) is 51.9 Å². The number of hydrogen-bond acceptors (Lipinski definition) is 11. The Bertz CT molecular complexity index is 1780. The first kappa shape index (κ1) is 30.8. The van der Waals surface area contributed by atoms with Gasteiger partial charge in [-0.25, -0.2) is 14.6 Å². The Hall–Kier alpha value is -4.19. The van der Waals surface area contributed by atoms with E-state index in [1.165, 1.54) is 23.6 Å². The van der Waals surface area contributed by atoms with Gasteiger partial charge in [0.2, 0.25) is 11.6 Å². The summed E-state index contributed by atoms with van der Waals surface area (Å²) in [5.74, 6) is -3.82. The van der Waals surface area contributed by atoms with Crippen LogP contribution < -0.4 is 20.9 Å². The SMILES string of the molecule is C[C@@H](O/N=C(\C(=O)N[C@@H]1C(=O)N2C(C(=O)O)=C(C[n+]3cccc4c3ccn4[C@H]3CCNC3)CS[C@H]12)c1nc(N)sc1Cl)C(=O)O. The van der Waals surface area contributed by atoms with E-state index in [9.17, 15) is 24.3 Å². The highest BCUT2D eigenvalue weighted by Gasteiger charge is 2.55. The Morgan fingerprint density at radius 1 is 1.36 bits per heavy atom. The number of rotatable bonds is 10. The largest absolute Gasteiger partial charge is 0.478 e. The highest BCUT2D eigenvalue weighted by Crippen LogP contribution is 2.40. The van der Waals surface area contributed by atoms with Crippen LogP contribution in [0, 0.1) is 0 Å². The Labute approximate surface area is 268 Å². The number of thioether (sulfide) groups is 1. The zero-order valence-electron chi connectivity index (χ0n) is 23.7. The molecule has 2 amide bonds. The molecule has 0 aliphatic carbocycles. The van der Waals surface area contributed by atoms with Crippen molar-refractivity contribution in [1.29, 1.82) is 0 Å². The number of anilines is 1. The lowest BCUT2D eigenvalue weighted by Gasteiger charge is -2.49. The van der Waals surface area contributed by atoms with E-state index in [0.29, 0.717) is 17.4 Å². The Balaban J connectivity index is 1.23. The summed E-state index contributed by atoms with van der Waals surface area (Å²) >= 11 is 8.36. The van der Waals surface area contributed by atoms with Gasteiger partial charge in [0.1, 0.15) is 32.7 Å². The molecule has 0 bridgehead atoms. The third-order valence-electron chi connectivity index (χ3n) is 7.78. The molecule has 0 saturated carbocycles. The number of pyridine rings is 1. The monoisotopic (exact) mass is 675 g/mol. The minimum atomic E-state index is -1.40. The number of carbonyl (C=O) groups is 4. The molecule has 6 N–H and O–H groups in total. The number of nitrogens with zero attached hydrogens (tertiary/aromatic N) is 5. The third-order valence-corrected chi connectivity index (χ3v) is 10.2. The first-order chi connectivity index (χ1) is 21.5. The Kier molecular flexibility index (Phi) is 8.43. The van der Waals surface area contributed by atoms with Crippen LogP contribution >= 0.6 is 34.7 Å². The topological polar surface area (TPSA) is 205 Å². The van der Waals surface area contributed by atoms with Gasteiger partial charge in [0.15, 0.2) is 23.6 Å². The van der Waals surface area contributed by atoms with Crippen molar-refractivity contribution in [1.82, 2.24) is 25.1 Å². The van der Waals surface area contributed by atoms with Crippen LogP contribution in [0.1, 0.15) is 25.1 Å². The van der Waals surface area contributed by atoms with E-state index in [1.54, 1.807) is 0 Å². The molecule has 3 aromatic heterocycles. The van der Waals surface area contributed by atoms with Crippen molar-refractivity contribution >= 4 is 80.3 Å². The maximum absolute atomic E-state index is 13.4. The van der Waals surface area contributed by atoms with E-state index in [-0.39, 0.29) is 27.4 Å². The summed E-state index contributed by atoms with van der Waals surface area (Å²) in [6.07, 6.45) is 3.54. The second kappa shape index (κ2) is 12.3. The van der Waals surface area contributed by atoms with E-state index in [1.807, 2.05) is 35.2 Å². The second-order valence-corrected chi connectivity index (χ2v) is 13.3. The van der Waals surface area contributed by atoms with E-state index < -0.39 is 47.0 Å². The van der Waals surface area contributed by atoms with Crippen LogP contribution in [0.5, 0.6) is 0 Å². The number of nitrogens with one attached hydrogen (secondary N) is 2. The third kappa shape index (κ3) is 5.71. The van der Waals surface area contributed by atoms with Crippen LogP contribution in [0.3, 0.4) is 0 Å². The van der Waals surface area contributed by atoms with Gasteiger partial charge in [-0.2, -0.15) is 4.57 Å². The molecular weight excluding hydrogens is 648 g/mol. The van der Waals surface area contributed by atoms with Gasteiger partial charge in [-0.1, -0.05) is 28.1 Å². The number of carboxylic acids is 2. The summed E-state index contributed by atoms with van der Waals surface area (Å²) in [5.41, 5.74) is 7.50. The van der Waals surface area contributed by atoms with Crippen LogP contribution in [0.25, 0.3) is 11.0 Å². The zero-order chi connectivity index (χ0) is 32.0. The smallest absolute Gasteiger partial charge is 0.352 e. The predicted octanol–water partition coefficient (Wildman–Crippen LogP) is 0.788. The normalized spacial score (nSPS) is 22.3. The first-order valence-corrected chi connectivity index (χ1v) is 16.1. The van der Waals surface area contributed by atoms with Crippen molar-refractivity contribution in [2.45, 2.75) is 43.5 Å². The fourth-order valence-electron chi connectivity index (χ4n) is 5.57. The number of halogens is 1. The van der Waals surface area contributed by atoms with E-state index >= 15 is 0 Å². The Morgan fingerprint density at radius 2 is 2.16 bits per heavy atom. The number of carboxylic acid groups (broad SMARTS) is 2. The van der Waals surface area contributed by atoms with Crippen molar-refractivity contribution < 1.29 is 38.8 Å². The lowest BCUT2D eigenvalue weighted by molar-refractivity contribution is -0.663. The number of fused-ring (bicyclic) bond motifs is 2. The van der Waals surface area contributed by atoms with Gasteiger partial charge in [-0.3, -0.25) is 14.5 Å². The molecular formula is C27H28ClN8O7S2+. The van der Waals surface area contributed by atoms with Crippen molar-refractivity contribution in [2.24, 2.45) is 5.16 Å². The lowest BCUT2D eigenvalue weighted by atomic mass is 10.0. The minimum Gasteiger partial charge on any atom is -0.478 e. The molecule has 236 valence electrons. The van der Waals surface area contributed by atoms with E-state index in [0.717, 1.165) is 41.9 Å². The van der Waals surface area contributed by atoms with Crippen LogP contribution in [0.2, 0.25) is 4.34 Å². The summed E-state index contributed by atoms with van der Waals surface area (Å²) in [4.78, 5) is 60.5. The average Bonchev–Trinajstić information content (AvgIpc) is 3.76. The quantitative estimate of drug-likeness (QED) is 0.0879. The second-order valence-electron chi connectivity index (χ2n) is 10.6. The molecule has 0 unspecified atom stereocenters. The lowest BCUT2D eigenvalue weighted by Crippen LogP contribution is -2.71. The summed E-state index contributed by atoms with van der Waals surface area (Å²) in [6.45, 7) is 3.30. The molecule has 3 aliphatic heterocycles. The molecule has 0 aromatic carbocycles. The molecule has 45 heavy (non-hydrogen) atoms. The number of nitrogens with two attached hydrogens (primary N) is 1. The molecule has 0 radical (unpaired) electrons. The van der Waals surface area contributed by atoms with E-state index in [4.69, 9.17) is 27.3 Å². The van der Waals surface area contributed by atoms with Gasteiger partial charge in [0.05, 0.1) is 0 Å². The zero-order valence-corrected chi connectivity index (χ0v) is 26.1. The number of thiazole rings is 1. The Morgan fingerprint density at radius 3 is 2.82 bits per heavy atom. The number of amides is 2. The van der Waals surface area contributed by atoms with Crippen LogP contribution in [-0.4, -0.2) is 90.5 Å². The molecule has 4 atom stereocenters. The highest BCUT2D eigenvalue weighted by molar-refractivity contribution is 8.00. The number of β-lactam (4-membered cyclic amide) rings is 1. The van der Waals surface area contributed by atoms with Gasteiger partial charge < -0.3 is 36.0 Å². The van der Waals surface area contributed by atoms with Crippen LogP contribution in [0.15, 0.2) is 47.0 Å². The molecule has 15 nitrogen and oxygen atoms in total. The molecule has 6 rings (SSSR count). The van der Waals surface area contributed by atoms with Gasteiger partial charge >= 0.3 is 11.9 Å². The average molecular weight is 676 g/mol. The van der Waals surface area contributed by atoms with Gasteiger partial charge in [-0.15, -0.1) is 11.8 Å². The number of aromatic nitrogens is 3. The van der Waals surface area contributed by atoms with Gasteiger partial charge in [0.25, 0.3) is 11.8 Å². The fourth-order valence-corrected chi connectivity index (χ4v) is 7.83. The predicted molar refractivity (Wildman–Crippen MR) is 165 cm³/mol. The molecule has 6 heterocycles. The molecule has 3 aromatic rings. The van der Waals surface area contributed by atoms with Gasteiger partial charge in [-0.05, 0) is 26.0 Å². The number of aliphatic carboxylic acids is 2. The van der Waals surface area contributed by atoms with Crippen molar-refractivity contribution in [2.75, 3.05) is 24.6 Å². The molecule has 18 heteroatoms. The van der Waals surface area contributed by atoms with E-state index in [2.05, 4.69) is 25.3 Å². The number of oxime groups is 1.